The molecule has 2 aromatic rings. The predicted octanol–water partition coefficient (Wildman–Crippen LogP) is 3.66. The van der Waals surface area contributed by atoms with E-state index in [1.54, 1.807) is 25.1 Å². The van der Waals surface area contributed by atoms with Gasteiger partial charge in [0.25, 0.3) is 0 Å². The lowest BCUT2D eigenvalue weighted by Gasteiger charge is -2.07. The van der Waals surface area contributed by atoms with Crippen LogP contribution in [0.1, 0.15) is 11.1 Å². The predicted molar refractivity (Wildman–Crippen MR) is 84.9 cm³/mol. The first kappa shape index (κ1) is 18.5. The van der Waals surface area contributed by atoms with Crippen LogP contribution in [0.15, 0.2) is 58.6 Å². The van der Waals surface area contributed by atoms with Crippen molar-refractivity contribution >= 4 is 15.7 Å². The zero-order valence-electron chi connectivity index (χ0n) is 12.9. The molecule has 1 aromatic carbocycles. The van der Waals surface area contributed by atoms with Gasteiger partial charge in [0.2, 0.25) is 9.84 Å². The van der Waals surface area contributed by atoms with Crippen LogP contribution < -0.4 is 5.32 Å². The van der Waals surface area contributed by atoms with Crippen LogP contribution in [-0.2, 0) is 16.0 Å². The highest BCUT2D eigenvalue weighted by molar-refractivity contribution is 7.95. The molecule has 1 N–H and O–H groups in total. The van der Waals surface area contributed by atoms with E-state index in [9.17, 15) is 21.6 Å². The highest BCUT2D eigenvalue weighted by Crippen LogP contribution is 2.29. The van der Waals surface area contributed by atoms with Gasteiger partial charge in [-0.3, -0.25) is 0 Å². The first-order valence-electron chi connectivity index (χ1n) is 6.86. The molecule has 0 unspecified atom stereocenters. The van der Waals surface area contributed by atoms with Gasteiger partial charge in [-0.15, -0.1) is 0 Å². The molecule has 0 saturated heterocycles. The molecular formula is C16H12F3N3O2S. The van der Waals surface area contributed by atoms with E-state index in [1.165, 1.54) is 12.1 Å². The molecule has 5 nitrogen and oxygen atoms in total. The number of rotatable bonds is 4. The van der Waals surface area contributed by atoms with Gasteiger partial charge in [-0.1, -0.05) is 17.7 Å². The van der Waals surface area contributed by atoms with Crippen LogP contribution in [0.2, 0.25) is 0 Å². The van der Waals surface area contributed by atoms with Crippen molar-refractivity contribution < 1.29 is 21.6 Å². The van der Waals surface area contributed by atoms with Gasteiger partial charge in [0.1, 0.15) is 11.9 Å². The molecule has 0 aliphatic carbocycles. The van der Waals surface area contributed by atoms with E-state index in [0.29, 0.717) is 6.20 Å². The second kappa shape index (κ2) is 6.94. The Morgan fingerprint density at radius 3 is 2.32 bits per heavy atom. The molecule has 0 saturated carbocycles. The van der Waals surface area contributed by atoms with E-state index in [-0.39, 0.29) is 10.7 Å². The van der Waals surface area contributed by atoms with Crippen LogP contribution in [0.25, 0.3) is 0 Å². The molecule has 0 aliphatic heterocycles. The Morgan fingerprint density at radius 2 is 1.84 bits per heavy atom. The van der Waals surface area contributed by atoms with Crippen molar-refractivity contribution in [2.45, 2.75) is 18.0 Å². The summed E-state index contributed by atoms with van der Waals surface area (Å²) in [4.78, 5) is 2.89. The monoisotopic (exact) mass is 367 g/mol. The molecule has 0 radical (unpaired) electrons. The van der Waals surface area contributed by atoms with Crippen molar-refractivity contribution in [3.63, 3.8) is 0 Å². The number of pyridine rings is 1. The number of hydrogen-bond acceptors (Lipinski definition) is 5. The third kappa shape index (κ3) is 4.36. The molecule has 0 amide bonds. The molecule has 1 aromatic heterocycles. The van der Waals surface area contributed by atoms with Crippen molar-refractivity contribution in [1.82, 2.24) is 4.98 Å². The summed E-state index contributed by atoms with van der Waals surface area (Å²) >= 11 is 0. The maximum absolute atomic E-state index is 12.5. The van der Waals surface area contributed by atoms with Crippen LogP contribution >= 0.6 is 0 Å². The number of nitrogens with one attached hydrogen (secondary N) is 1. The molecule has 1 heterocycles. The first-order valence-corrected chi connectivity index (χ1v) is 8.35. The van der Waals surface area contributed by atoms with Gasteiger partial charge in [-0.05, 0) is 31.2 Å². The second-order valence-electron chi connectivity index (χ2n) is 5.01. The van der Waals surface area contributed by atoms with Crippen molar-refractivity contribution in [1.29, 1.82) is 5.26 Å². The van der Waals surface area contributed by atoms with Crippen molar-refractivity contribution in [2.75, 3.05) is 5.32 Å². The summed E-state index contributed by atoms with van der Waals surface area (Å²) in [5.41, 5.74) is -0.0803. The number of nitrogens with zero attached hydrogens (tertiary/aromatic N) is 2. The Bertz CT molecular complexity index is 927. The molecule has 0 bridgehead atoms. The Morgan fingerprint density at radius 1 is 1.20 bits per heavy atom. The second-order valence-corrected chi connectivity index (χ2v) is 6.93. The lowest BCUT2D eigenvalue weighted by atomic mass is 10.2. The molecule has 9 heteroatoms. The number of aryl methyl sites for hydroxylation is 1. The Labute approximate surface area is 142 Å². The van der Waals surface area contributed by atoms with E-state index in [2.05, 4.69) is 10.3 Å². The third-order valence-electron chi connectivity index (χ3n) is 3.17. The van der Waals surface area contributed by atoms with Gasteiger partial charge in [0, 0.05) is 12.4 Å². The fourth-order valence-corrected chi connectivity index (χ4v) is 2.88. The van der Waals surface area contributed by atoms with Crippen molar-refractivity contribution in [3.05, 3.63) is 64.8 Å². The third-order valence-corrected chi connectivity index (χ3v) is 4.85. The average Bonchev–Trinajstić information content (AvgIpc) is 2.55. The van der Waals surface area contributed by atoms with Gasteiger partial charge in [-0.2, -0.15) is 18.4 Å². The fraction of sp³-hybridized carbons (Fsp3) is 0.125. The number of halogens is 3. The maximum Gasteiger partial charge on any atom is 0.417 e. The SMILES string of the molecule is Cc1ccc(S(=O)(=O)C(C#N)=CNc2ccc(C(F)(F)F)cn2)cc1. The zero-order chi connectivity index (χ0) is 18.7. The number of nitriles is 1. The Balaban J connectivity index is 2.26. The molecule has 25 heavy (non-hydrogen) atoms. The van der Waals surface area contributed by atoms with Gasteiger partial charge in [-0.25, -0.2) is 13.4 Å². The lowest BCUT2D eigenvalue weighted by Crippen LogP contribution is -2.07. The van der Waals surface area contributed by atoms with E-state index in [4.69, 9.17) is 5.26 Å². The number of aromatic nitrogens is 1. The molecule has 130 valence electrons. The van der Waals surface area contributed by atoms with E-state index < -0.39 is 26.5 Å². The molecule has 2 rings (SSSR count). The molecular weight excluding hydrogens is 355 g/mol. The normalized spacial score (nSPS) is 12.5. The minimum Gasteiger partial charge on any atom is -0.345 e. The van der Waals surface area contributed by atoms with E-state index >= 15 is 0 Å². The molecule has 0 fully saturated rings. The minimum atomic E-state index is -4.52. The number of benzene rings is 1. The fourth-order valence-electron chi connectivity index (χ4n) is 1.80. The molecule has 0 aliphatic rings. The van der Waals surface area contributed by atoms with E-state index in [1.807, 2.05) is 0 Å². The highest BCUT2D eigenvalue weighted by atomic mass is 32.2. The number of sulfone groups is 1. The van der Waals surface area contributed by atoms with Crippen molar-refractivity contribution in [3.8, 4) is 6.07 Å². The smallest absolute Gasteiger partial charge is 0.345 e. The summed E-state index contributed by atoms with van der Waals surface area (Å²) in [5.74, 6) is -0.0279. The molecule has 0 spiro atoms. The number of hydrogen-bond donors (Lipinski definition) is 1. The van der Waals surface area contributed by atoms with Gasteiger partial charge >= 0.3 is 6.18 Å². The minimum absolute atomic E-state index is 0.0279. The van der Waals surface area contributed by atoms with Crippen LogP contribution in [0.4, 0.5) is 19.0 Å². The largest absolute Gasteiger partial charge is 0.417 e. The van der Waals surface area contributed by atoms with Crippen LogP contribution in [0.3, 0.4) is 0 Å². The summed E-state index contributed by atoms with van der Waals surface area (Å²) in [6.07, 6.45) is -3.02. The van der Waals surface area contributed by atoms with Crippen LogP contribution in [-0.4, -0.2) is 13.4 Å². The Hall–Kier alpha value is -2.86. The number of alkyl halides is 3. The number of allylic oxidation sites excluding steroid dienone is 1. The van der Waals surface area contributed by atoms with Crippen LogP contribution in [0.5, 0.6) is 0 Å². The average molecular weight is 367 g/mol. The highest BCUT2D eigenvalue weighted by Gasteiger charge is 2.30. The topological polar surface area (TPSA) is 82.8 Å². The lowest BCUT2D eigenvalue weighted by molar-refractivity contribution is -0.137. The summed E-state index contributed by atoms with van der Waals surface area (Å²) in [7, 11) is -4.04. The van der Waals surface area contributed by atoms with Crippen molar-refractivity contribution in [2.24, 2.45) is 0 Å². The zero-order valence-corrected chi connectivity index (χ0v) is 13.7. The van der Waals surface area contributed by atoms with Crippen LogP contribution in [0, 0.1) is 18.3 Å². The van der Waals surface area contributed by atoms with E-state index in [0.717, 1.165) is 23.9 Å². The summed E-state index contributed by atoms with van der Waals surface area (Å²) in [6.45, 7) is 1.79. The number of anilines is 1. The summed E-state index contributed by atoms with van der Waals surface area (Å²) in [6, 6.07) is 9.31. The van der Waals surface area contributed by atoms with Gasteiger partial charge in [0.05, 0.1) is 10.5 Å². The first-order chi connectivity index (χ1) is 11.6. The van der Waals surface area contributed by atoms with Gasteiger partial charge < -0.3 is 5.32 Å². The standard InChI is InChI=1S/C16H12F3N3O2S/c1-11-2-5-13(6-3-11)25(23,24)14(8-20)10-22-15-7-4-12(9-21-15)16(17,18)19/h2-7,9-10H,1H3,(H,21,22). The Kier molecular flexibility index (Phi) is 5.13. The molecule has 0 atom stereocenters. The van der Waals surface area contributed by atoms with Gasteiger partial charge in [0.15, 0.2) is 4.91 Å². The summed E-state index contributed by atoms with van der Waals surface area (Å²) in [5, 5.41) is 11.5. The quantitative estimate of drug-likeness (QED) is 0.834. The summed E-state index contributed by atoms with van der Waals surface area (Å²) < 4.78 is 62.2. The maximum atomic E-state index is 12.5.